The van der Waals surface area contributed by atoms with Crippen LogP contribution in [0.4, 0.5) is 0 Å². The SMILES string of the molecule is CC[N+]1(CC2CC2)CCCC1.Clc1ccc(C2CCCN2C(c2ccc(Cl)cc2)C2CC2)cc1. The molecule has 0 amide bonds. The summed E-state index contributed by atoms with van der Waals surface area (Å²) >= 11 is 12.1. The quantitative estimate of drug-likeness (QED) is 0.346. The molecule has 2 heterocycles. The first-order chi connectivity index (χ1) is 16.6. The smallest absolute Gasteiger partial charge is 0.0815 e. The molecule has 2 aromatic carbocycles. The molecule has 4 heteroatoms. The summed E-state index contributed by atoms with van der Waals surface area (Å²) in [5.74, 6) is 1.91. The van der Waals surface area contributed by atoms with E-state index in [1.807, 2.05) is 24.3 Å². The van der Waals surface area contributed by atoms with Gasteiger partial charge in [-0.15, -0.1) is 0 Å². The Morgan fingerprint density at radius 3 is 2.00 bits per heavy atom. The van der Waals surface area contributed by atoms with E-state index in [-0.39, 0.29) is 0 Å². The van der Waals surface area contributed by atoms with Crippen LogP contribution in [0.3, 0.4) is 0 Å². The molecule has 2 saturated carbocycles. The largest absolute Gasteiger partial charge is 0.324 e. The second-order valence-electron chi connectivity index (χ2n) is 11.2. The maximum absolute atomic E-state index is 6.08. The van der Waals surface area contributed by atoms with E-state index in [1.165, 1.54) is 99.7 Å². The monoisotopic (exact) mass is 499 g/mol. The van der Waals surface area contributed by atoms with Gasteiger partial charge < -0.3 is 4.48 Å². The lowest BCUT2D eigenvalue weighted by molar-refractivity contribution is -0.916. The van der Waals surface area contributed by atoms with Crippen LogP contribution in [0.15, 0.2) is 48.5 Å². The van der Waals surface area contributed by atoms with Crippen molar-refractivity contribution in [3.05, 3.63) is 69.7 Å². The first-order valence-electron chi connectivity index (χ1n) is 13.7. The van der Waals surface area contributed by atoms with Gasteiger partial charge in [0.1, 0.15) is 0 Å². The average Bonchev–Trinajstić information content (AvgIpc) is 3.76. The molecule has 0 bridgehead atoms. The zero-order chi connectivity index (χ0) is 23.5. The van der Waals surface area contributed by atoms with Crippen LogP contribution in [0.1, 0.15) is 81.5 Å². The van der Waals surface area contributed by atoms with Gasteiger partial charge in [-0.05, 0) is 93.3 Å². The Balaban J connectivity index is 0.000000183. The Labute approximate surface area is 216 Å². The van der Waals surface area contributed by atoms with E-state index >= 15 is 0 Å². The first kappa shape index (κ1) is 24.6. The summed E-state index contributed by atoms with van der Waals surface area (Å²) < 4.78 is 1.46. The minimum atomic E-state index is 0.508. The maximum atomic E-state index is 6.08. The minimum Gasteiger partial charge on any atom is -0.324 e. The molecule has 2 aliphatic carbocycles. The summed E-state index contributed by atoms with van der Waals surface area (Å²) in [4.78, 5) is 2.71. The van der Waals surface area contributed by atoms with E-state index in [4.69, 9.17) is 23.2 Å². The molecule has 0 spiro atoms. The van der Waals surface area contributed by atoms with Gasteiger partial charge >= 0.3 is 0 Å². The van der Waals surface area contributed by atoms with Gasteiger partial charge in [0.2, 0.25) is 0 Å². The van der Waals surface area contributed by atoms with E-state index in [9.17, 15) is 0 Å². The third kappa shape index (κ3) is 6.01. The number of hydrogen-bond acceptors (Lipinski definition) is 1. The minimum absolute atomic E-state index is 0.508. The van der Waals surface area contributed by atoms with Crippen LogP contribution >= 0.6 is 23.2 Å². The van der Waals surface area contributed by atoms with Crippen LogP contribution in [0, 0.1) is 11.8 Å². The van der Waals surface area contributed by atoms with Gasteiger partial charge in [0.05, 0.1) is 26.2 Å². The van der Waals surface area contributed by atoms with E-state index in [0.29, 0.717) is 12.1 Å². The summed E-state index contributed by atoms with van der Waals surface area (Å²) in [6.07, 6.45) is 11.2. The van der Waals surface area contributed by atoms with Crippen LogP contribution in [-0.2, 0) is 0 Å². The van der Waals surface area contributed by atoms with Gasteiger partial charge in [0.25, 0.3) is 0 Å². The molecule has 34 heavy (non-hydrogen) atoms. The molecular weight excluding hydrogens is 459 g/mol. The van der Waals surface area contributed by atoms with Crippen molar-refractivity contribution < 1.29 is 4.48 Å². The summed E-state index contributed by atoms with van der Waals surface area (Å²) in [6.45, 7) is 9.40. The molecule has 0 N–H and O–H groups in total. The predicted octanol–water partition coefficient (Wildman–Crippen LogP) is 8.31. The van der Waals surface area contributed by atoms with Crippen molar-refractivity contribution in [3.63, 3.8) is 0 Å². The normalized spacial score (nSPS) is 25.1. The lowest BCUT2D eigenvalue weighted by Crippen LogP contribution is -2.46. The highest BCUT2D eigenvalue weighted by atomic mass is 35.5. The van der Waals surface area contributed by atoms with Gasteiger partial charge in [-0.2, -0.15) is 0 Å². The predicted molar refractivity (Wildman–Crippen MR) is 144 cm³/mol. The van der Waals surface area contributed by atoms with Gasteiger partial charge in [0.15, 0.2) is 0 Å². The van der Waals surface area contributed by atoms with Crippen molar-refractivity contribution in [2.75, 3.05) is 32.7 Å². The molecule has 2 unspecified atom stereocenters. The number of likely N-dealkylation sites (tertiary alicyclic amines) is 2. The first-order valence-corrected chi connectivity index (χ1v) is 14.4. The maximum Gasteiger partial charge on any atom is 0.0815 e. The summed E-state index contributed by atoms with van der Waals surface area (Å²) in [5.41, 5.74) is 2.81. The highest BCUT2D eigenvalue weighted by Gasteiger charge is 2.41. The lowest BCUT2D eigenvalue weighted by atomic mass is 9.97. The van der Waals surface area contributed by atoms with Crippen LogP contribution in [-0.4, -0.2) is 42.1 Å². The Hall–Kier alpha value is -1.06. The molecular formula is C30H41Cl2N2+. The molecule has 2 nitrogen and oxygen atoms in total. The number of hydrogen-bond donors (Lipinski definition) is 0. The Morgan fingerprint density at radius 2 is 1.44 bits per heavy atom. The fourth-order valence-corrected chi connectivity index (χ4v) is 6.71. The Bertz CT molecular complexity index is 912. The van der Waals surface area contributed by atoms with Crippen molar-refractivity contribution in [1.82, 2.24) is 4.90 Å². The molecule has 0 aromatic heterocycles. The van der Waals surface area contributed by atoms with Gasteiger partial charge in [-0.1, -0.05) is 47.5 Å². The van der Waals surface area contributed by atoms with E-state index < -0.39 is 0 Å². The molecule has 2 saturated heterocycles. The van der Waals surface area contributed by atoms with Gasteiger partial charge in [0, 0.05) is 40.9 Å². The highest BCUT2D eigenvalue weighted by Crippen LogP contribution is 2.50. The van der Waals surface area contributed by atoms with Gasteiger partial charge in [-0.25, -0.2) is 0 Å². The lowest BCUT2D eigenvalue weighted by Gasteiger charge is -2.34. The molecule has 2 aliphatic heterocycles. The summed E-state index contributed by atoms with van der Waals surface area (Å²) in [7, 11) is 0. The number of rotatable bonds is 7. The zero-order valence-corrected chi connectivity index (χ0v) is 22.3. The van der Waals surface area contributed by atoms with E-state index in [1.54, 1.807) is 0 Å². The molecule has 4 aliphatic rings. The van der Waals surface area contributed by atoms with Gasteiger partial charge in [-0.3, -0.25) is 4.90 Å². The summed E-state index contributed by atoms with van der Waals surface area (Å²) in [6, 6.07) is 17.9. The second kappa shape index (κ2) is 10.9. The van der Waals surface area contributed by atoms with Crippen molar-refractivity contribution >= 4 is 23.2 Å². The number of benzene rings is 2. The van der Waals surface area contributed by atoms with E-state index in [2.05, 4.69) is 36.1 Å². The van der Waals surface area contributed by atoms with Crippen molar-refractivity contribution in [3.8, 4) is 0 Å². The molecule has 2 atom stereocenters. The second-order valence-corrected chi connectivity index (χ2v) is 12.1. The van der Waals surface area contributed by atoms with Crippen molar-refractivity contribution in [1.29, 1.82) is 0 Å². The fraction of sp³-hybridized carbons (Fsp3) is 0.600. The third-order valence-corrected chi connectivity index (χ3v) is 9.22. The molecule has 0 radical (unpaired) electrons. The van der Waals surface area contributed by atoms with E-state index in [0.717, 1.165) is 21.9 Å². The molecule has 184 valence electrons. The third-order valence-electron chi connectivity index (χ3n) is 8.71. The highest BCUT2D eigenvalue weighted by molar-refractivity contribution is 6.30. The van der Waals surface area contributed by atoms with Crippen molar-refractivity contribution in [2.24, 2.45) is 11.8 Å². The number of halogens is 2. The van der Waals surface area contributed by atoms with Crippen LogP contribution in [0.5, 0.6) is 0 Å². The fourth-order valence-electron chi connectivity index (χ4n) is 6.45. The van der Waals surface area contributed by atoms with Crippen LogP contribution in [0.2, 0.25) is 10.0 Å². The average molecular weight is 501 g/mol. The number of quaternary nitrogens is 1. The summed E-state index contributed by atoms with van der Waals surface area (Å²) in [5, 5.41) is 1.63. The topological polar surface area (TPSA) is 3.24 Å². The number of nitrogens with zero attached hydrogens (tertiary/aromatic N) is 2. The molecule has 6 rings (SSSR count). The molecule has 2 aromatic rings. The molecule has 4 fully saturated rings. The zero-order valence-electron chi connectivity index (χ0n) is 20.8. The van der Waals surface area contributed by atoms with Crippen LogP contribution in [0.25, 0.3) is 0 Å². The Kier molecular flexibility index (Phi) is 7.90. The van der Waals surface area contributed by atoms with Crippen molar-refractivity contribution in [2.45, 2.75) is 70.4 Å². The standard InChI is InChI=1S/C20H21Cl2N.C10H20N/c21-17-9-5-14(6-10-17)19-2-1-13-23(19)20(15-3-4-15)16-7-11-18(22)12-8-16;1-2-11(7-3-4-8-11)9-10-5-6-10/h5-12,15,19-20H,1-4,13H2;10H,2-9H2,1H3/q;+1. The Morgan fingerprint density at radius 1 is 0.824 bits per heavy atom. The van der Waals surface area contributed by atoms with Crippen LogP contribution < -0.4 is 0 Å².